The largest absolute Gasteiger partial charge is 0.471 e. The summed E-state index contributed by atoms with van der Waals surface area (Å²) in [6.45, 7) is 0.607. The molecule has 1 saturated heterocycles. The Morgan fingerprint density at radius 1 is 1.25 bits per heavy atom. The van der Waals surface area contributed by atoms with Crippen LogP contribution in [0.25, 0.3) is 0 Å². The number of alkyl halides is 3. The van der Waals surface area contributed by atoms with E-state index < -0.39 is 11.7 Å². The van der Waals surface area contributed by atoms with E-state index in [-0.39, 0.29) is 17.9 Å². The highest BCUT2D eigenvalue weighted by Crippen LogP contribution is 2.31. The molecule has 4 nitrogen and oxygen atoms in total. The molecule has 1 aliphatic rings. The van der Waals surface area contributed by atoms with Gasteiger partial charge in [-0.15, -0.1) is 0 Å². The molecular formula is C16H12BrF3N2O2. The summed E-state index contributed by atoms with van der Waals surface area (Å²) in [5.41, 5.74) is -0.277. The summed E-state index contributed by atoms with van der Waals surface area (Å²) in [6, 6.07) is 8.79. The fraction of sp³-hybridized carbons (Fsp3) is 0.250. The number of carbonyl (C=O) groups is 1. The highest BCUT2D eigenvalue weighted by molar-refractivity contribution is 9.10. The molecular weight excluding hydrogens is 389 g/mol. The van der Waals surface area contributed by atoms with E-state index in [1.165, 1.54) is 0 Å². The van der Waals surface area contributed by atoms with Crippen molar-refractivity contribution in [2.24, 2.45) is 0 Å². The minimum Gasteiger partial charge on any atom is -0.471 e. The molecule has 8 heteroatoms. The van der Waals surface area contributed by atoms with Gasteiger partial charge in [0.15, 0.2) is 0 Å². The predicted molar refractivity (Wildman–Crippen MR) is 83.7 cm³/mol. The number of likely N-dealkylation sites (tertiary alicyclic amines) is 1. The molecule has 0 saturated carbocycles. The van der Waals surface area contributed by atoms with Crippen molar-refractivity contribution in [3.05, 3.63) is 58.2 Å². The van der Waals surface area contributed by atoms with E-state index >= 15 is 0 Å². The Morgan fingerprint density at radius 3 is 2.62 bits per heavy atom. The molecule has 1 aliphatic heterocycles. The number of nitrogens with zero attached hydrogens (tertiary/aromatic N) is 2. The van der Waals surface area contributed by atoms with Crippen LogP contribution in [-0.2, 0) is 6.18 Å². The minimum absolute atomic E-state index is 0.0946. The van der Waals surface area contributed by atoms with Crippen molar-refractivity contribution in [3.8, 4) is 5.88 Å². The predicted octanol–water partition coefficient (Wildman–Crippen LogP) is 3.77. The van der Waals surface area contributed by atoms with Crippen LogP contribution in [-0.4, -0.2) is 35.0 Å². The number of ether oxygens (including phenoxy) is 1. The lowest BCUT2D eigenvalue weighted by Crippen LogP contribution is -2.56. The van der Waals surface area contributed by atoms with Crippen LogP contribution < -0.4 is 4.74 Å². The van der Waals surface area contributed by atoms with Crippen molar-refractivity contribution in [3.63, 3.8) is 0 Å². The SMILES string of the molecule is O=C(c1ccccc1Br)N1CC(Oc2cc(C(F)(F)F)ccn2)C1. The molecule has 126 valence electrons. The van der Waals surface area contributed by atoms with Crippen LogP contribution in [0.1, 0.15) is 15.9 Å². The van der Waals surface area contributed by atoms with E-state index in [2.05, 4.69) is 20.9 Å². The zero-order valence-corrected chi connectivity index (χ0v) is 13.8. The first kappa shape index (κ1) is 16.8. The van der Waals surface area contributed by atoms with Gasteiger partial charge in [-0.1, -0.05) is 12.1 Å². The lowest BCUT2D eigenvalue weighted by atomic mass is 10.1. The van der Waals surface area contributed by atoms with Crippen molar-refractivity contribution < 1.29 is 22.7 Å². The molecule has 0 bridgehead atoms. The van der Waals surface area contributed by atoms with Gasteiger partial charge in [-0.25, -0.2) is 4.98 Å². The smallest absolute Gasteiger partial charge is 0.416 e. The zero-order valence-electron chi connectivity index (χ0n) is 12.3. The summed E-state index contributed by atoms with van der Waals surface area (Å²) < 4.78 is 44.1. The standard InChI is InChI=1S/C16H12BrF3N2O2/c17-13-4-2-1-3-12(13)15(23)22-8-11(9-22)24-14-7-10(5-6-21-14)16(18,19)20/h1-7,11H,8-9H2. The van der Waals surface area contributed by atoms with Gasteiger partial charge in [0.2, 0.25) is 5.88 Å². The van der Waals surface area contributed by atoms with Crippen LogP contribution >= 0.6 is 15.9 Å². The third kappa shape index (κ3) is 3.53. The molecule has 0 unspecified atom stereocenters. The number of carbonyl (C=O) groups excluding carboxylic acids is 1. The summed E-state index contributed by atoms with van der Waals surface area (Å²) in [5.74, 6) is -0.248. The molecule has 0 radical (unpaired) electrons. The molecule has 0 spiro atoms. The summed E-state index contributed by atoms with van der Waals surface area (Å²) in [6.07, 6.45) is -3.75. The number of pyridine rings is 1. The maximum atomic E-state index is 12.7. The number of benzene rings is 1. The van der Waals surface area contributed by atoms with Gasteiger partial charge in [0.05, 0.1) is 24.2 Å². The van der Waals surface area contributed by atoms with Crippen LogP contribution in [0.2, 0.25) is 0 Å². The fourth-order valence-electron chi connectivity index (χ4n) is 2.30. The number of aromatic nitrogens is 1. The van der Waals surface area contributed by atoms with Crippen LogP contribution in [0.4, 0.5) is 13.2 Å². The highest BCUT2D eigenvalue weighted by atomic mass is 79.9. The average Bonchev–Trinajstić information content (AvgIpc) is 2.50. The van der Waals surface area contributed by atoms with Gasteiger partial charge in [-0.3, -0.25) is 4.79 Å². The van der Waals surface area contributed by atoms with Crippen LogP contribution in [0.15, 0.2) is 47.1 Å². The quantitative estimate of drug-likeness (QED) is 0.787. The summed E-state index contributed by atoms with van der Waals surface area (Å²) in [5, 5.41) is 0. The van der Waals surface area contributed by atoms with E-state index in [4.69, 9.17) is 4.74 Å². The Morgan fingerprint density at radius 2 is 1.96 bits per heavy atom. The Balaban J connectivity index is 1.60. The Kier molecular flexibility index (Phi) is 4.49. The van der Waals surface area contributed by atoms with Crippen molar-refractivity contribution in [2.45, 2.75) is 12.3 Å². The molecule has 1 amide bonds. The lowest BCUT2D eigenvalue weighted by Gasteiger charge is -2.38. The molecule has 3 rings (SSSR count). The van der Waals surface area contributed by atoms with E-state index in [1.807, 2.05) is 6.07 Å². The molecule has 0 aliphatic carbocycles. The van der Waals surface area contributed by atoms with Gasteiger partial charge < -0.3 is 9.64 Å². The maximum Gasteiger partial charge on any atom is 0.416 e. The van der Waals surface area contributed by atoms with Gasteiger partial charge in [0, 0.05) is 16.7 Å². The highest BCUT2D eigenvalue weighted by Gasteiger charge is 2.35. The van der Waals surface area contributed by atoms with Gasteiger partial charge in [0.1, 0.15) is 6.10 Å². The van der Waals surface area contributed by atoms with E-state index in [0.29, 0.717) is 23.1 Å². The summed E-state index contributed by atoms with van der Waals surface area (Å²) >= 11 is 3.32. The van der Waals surface area contributed by atoms with Crippen molar-refractivity contribution in [1.29, 1.82) is 0 Å². The first-order valence-electron chi connectivity index (χ1n) is 7.08. The summed E-state index contributed by atoms with van der Waals surface area (Å²) in [4.78, 5) is 17.7. The number of amides is 1. The third-order valence-electron chi connectivity index (χ3n) is 3.59. The van der Waals surface area contributed by atoms with Crippen molar-refractivity contribution in [1.82, 2.24) is 9.88 Å². The maximum absolute atomic E-state index is 12.7. The van der Waals surface area contributed by atoms with Crippen LogP contribution in [0, 0.1) is 0 Å². The van der Waals surface area contributed by atoms with E-state index in [0.717, 1.165) is 18.3 Å². The van der Waals surface area contributed by atoms with Crippen LogP contribution in [0.5, 0.6) is 5.88 Å². The van der Waals surface area contributed by atoms with Gasteiger partial charge in [0.25, 0.3) is 5.91 Å². The van der Waals surface area contributed by atoms with Gasteiger partial charge in [-0.2, -0.15) is 13.2 Å². The molecule has 1 aromatic heterocycles. The average molecular weight is 401 g/mol. The topological polar surface area (TPSA) is 42.4 Å². The zero-order chi connectivity index (χ0) is 17.3. The second-order valence-electron chi connectivity index (χ2n) is 5.31. The number of hydrogen-bond acceptors (Lipinski definition) is 3. The number of halogens is 4. The first-order valence-corrected chi connectivity index (χ1v) is 7.87. The molecule has 0 N–H and O–H groups in total. The Hall–Kier alpha value is -2.09. The second-order valence-corrected chi connectivity index (χ2v) is 6.16. The lowest BCUT2D eigenvalue weighted by molar-refractivity contribution is -0.137. The van der Waals surface area contributed by atoms with Crippen molar-refractivity contribution >= 4 is 21.8 Å². The second kappa shape index (κ2) is 6.43. The molecule has 1 fully saturated rings. The molecule has 0 atom stereocenters. The van der Waals surface area contributed by atoms with E-state index in [1.54, 1.807) is 23.1 Å². The Bertz CT molecular complexity index is 761. The van der Waals surface area contributed by atoms with Gasteiger partial charge >= 0.3 is 6.18 Å². The third-order valence-corrected chi connectivity index (χ3v) is 4.28. The minimum atomic E-state index is -4.44. The first-order chi connectivity index (χ1) is 11.3. The van der Waals surface area contributed by atoms with E-state index in [9.17, 15) is 18.0 Å². The molecule has 2 heterocycles. The van der Waals surface area contributed by atoms with Gasteiger partial charge in [-0.05, 0) is 34.1 Å². The van der Waals surface area contributed by atoms with Crippen molar-refractivity contribution in [2.75, 3.05) is 13.1 Å². The monoisotopic (exact) mass is 400 g/mol. The summed E-state index contributed by atoms with van der Waals surface area (Å²) in [7, 11) is 0. The molecule has 1 aromatic carbocycles. The molecule has 2 aromatic rings. The van der Waals surface area contributed by atoms with Crippen LogP contribution in [0.3, 0.4) is 0 Å². The normalized spacial score (nSPS) is 15.1. The number of rotatable bonds is 3. The molecule has 24 heavy (non-hydrogen) atoms. The Labute approximate surface area is 144 Å². The number of hydrogen-bond donors (Lipinski definition) is 0. The fourth-order valence-corrected chi connectivity index (χ4v) is 2.76.